The minimum Gasteiger partial charge on any atom is -0.324 e. The molecule has 0 saturated carbocycles. The van der Waals surface area contributed by atoms with Crippen LogP contribution >= 0.6 is 0 Å². The third-order valence-corrected chi connectivity index (χ3v) is 4.86. The summed E-state index contributed by atoms with van der Waals surface area (Å²) in [6, 6.07) is 33.4. The van der Waals surface area contributed by atoms with Crippen LogP contribution in [0.15, 0.2) is 122 Å². The molecule has 4 nitrogen and oxygen atoms in total. The van der Waals surface area contributed by atoms with Crippen LogP contribution in [0.3, 0.4) is 0 Å². The van der Waals surface area contributed by atoms with Gasteiger partial charge in [-0.25, -0.2) is 4.68 Å². The Morgan fingerprint density at radius 1 is 0.552 bits per heavy atom. The highest BCUT2D eigenvalue weighted by atomic mass is 15.3. The zero-order valence-electron chi connectivity index (χ0n) is 15.8. The summed E-state index contributed by atoms with van der Waals surface area (Å²) in [5.74, 6) is 0. The first-order valence-electron chi connectivity index (χ1n) is 9.57. The van der Waals surface area contributed by atoms with Gasteiger partial charge in [0.15, 0.2) is 0 Å². The van der Waals surface area contributed by atoms with Crippen LogP contribution in [0, 0.1) is 0 Å². The molecule has 0 spiro atoms. The van der Waals surface area contributed by atoms with E-state index < -0.39 is 0 Å². The highest BCUT2D eigenvalue weighted by Crippen LogP contribution is 2.35. The van der Waals surface area contributed by atoms with E-state index in [2.05, 4.69) is 99.8 Å². The molecule has 0 saturated heterocycles. The molecule has 0 aliphatic rings. The van der Waals surface area contributed by atoms with Gasteiger partial charge in [-0.3, -0.25) is 0 Å². The van der Waals surface area contributed by atoms with Crippen LogP contribution in [0.4, 0.5) is 17.1 Å². The molecule has 0 aliphatic carbocycles. The van der Waals surface area contributed by atoms with E-state index >= 15 is 0 Å². The van der Waals surface area contributed by atoms with Crippen molar-refractivity contribution in [2.24, 2.45) is 0 Å². The van der Waals surface area contributed by atoms with Gasteiger partial charge in [-0.1, -0.05) is 30.3 Å². The van der Waals surface area contributed by atoms with Crippen LogP contribution in [0.2, 0.25) is 0 Å². The van der Waals surface area contributed by atoms with E-state index in [9.17, 15) is 0 Å². The summed E-state index contributed by atoms with van der Waals surface area (Å²) in [5.41, 5.74) is 5.43. The van der Waals surface area contributed by atoms with E-state index in [1.54, 1.807) is 6.20 Å². The summed E-state index contributed by atoms with van der Waals surface area (Å²) < 4.78 is 4.00. The summed E-state index contributed by atoms with van der Waals surface area (Å²) in [6.45, 7) is 0. The second-order valence-electron chi connectivity index (χ2n) is 6.75. The van der Waals surface area contributed by atoms with Crippen molar-refractivity contribution < 1.29 is 0 Å². The maximum Gasteiger partial charge on any atom is 0.0666 e. The van der Waals surface area contributed by atoms with E-state index in [-0.39, 0.29) is 0 Å². The average Bonchev–Trinajstić information content (AvgIpc) is 3.50. The summed E-state index contributed by atoms with van der Waals surface area (Å²) in [6.07, 6.45) is 7.87. The number of anilines is 3. The molecule has 3 aromatic carbocycles. The largest absolute Gasteiger partial charge is 0.324 e. The van der Waals surface area contributed by atoms with Crippen molar-refractivity contribution in [2.75, 3.05) is 4.90 Å². The molecule has 2 heterocycles. The van der Waals surface area contributed by atoms with Crippen LogP contribution in [-0.4, -0.2) is 14.3 Å². The van der Waals surface area contributed by atoms with Crippen molar-refractivity contribution in [3.63, 3.8) is 0 Å². The van der Waals surface area contributed by atoms with Gasteiger partial charge in [0.1, 0.15) is 0 Å². The second-order valence-corrected chi connectivity index (χ2v) is 6.75. The topological polar surface area (TPSA) is 26.0 Å². The van der Waals surface area contributed by atoms with Crippen molar-refractivity contribution >= 4 is 17.1 Å². The van der Waals surface area contributed by atoms with E-state index in [0.717, 1.165) is 28.4 Å². The predicted octanol–water partition coefficient (Wildman–Crippen LogP) is 6.13. The van der Waals surface area contributed by atoms with Crippen LogP contribution in [0.25, 0.3) is 11.4 Å². The van der Waals surface area contributed by atoms with Crippen molar-refractivity contribution in [1.82, 2.24) is 14.3 Å². The smallest absolute Gasteiger partial charge is 0.0666 e. The molecule has 0 amide bonds. The van der Waals surface area contributed by atoms with Gasteiger partial charge in [0.05, 0.1) is 5.69 Å². The number of nitrogens with zero attached hydrogens (tertiary/aromatic N) is 4. The van der Waals surface area contributed by atoms with Gasteiger partial charge in [0, 0.05) is 47.5 Å². The quantitative estimate of drug-likeness (QED) is 0.369. The molecular formula is C25H20N4. The number of para-hydroxylation sites is 1. The van der Waals surface area contributed by atoms with Crippen LogP contribution in [0.1, 0.15) is 0 Å². The Kier molecular flexibility index (Phi) is 4.43. The normalized spacial score (nSPS) is 10.8. The van der Waals surface area contributed by atoms with E-state index in [1.807, 2.05) is 35.1 Å². The van der Waals surface area contributed by atoms with Crippen molar-refractivity contribution in [3.05, 3.63) is 122 Å². The standard InChI is InChI=1S/C25H20N4/c1-2-9-21(10-3-1)29(24-13-6-11-22(19-24)27-16-4-5-17-27)25-14-7-12-23(20-25)28-18-8-15-26-28/h1-20H. The summed E-state index contributed by atoms with van der Waals surface area (Å²) in [4.78, 5) is 2.26. The molecule has 29 heavy (non-hydrogen) atoms. The maximum absolute atomic E-state index is 4.38. The fourth-order valence-corrected chi connectivity index (χ4v) is 3.52. The molecule has 5 aromatic rings. The number of benzene rings is 3. The first-order valence-corrected chi connectivity index (χ1v) is 9.57. The SMILES string of the molecule is c1ccc(N(c2cccc(-n3cccc3)c2)c2cccc(-n3cccn3)c2)cc1. The molecule has 4 heteroatoms. The van der Waals surface area contributed by atoms with E-state index in [0.29, 0.717) is 0 Å². The monoisotopic (exact) mass is 376 g/mol. The molecule has 0 N–H and O–H groups in total. The van der Waals surface area contributed by atoms with Gasteiger partial charge >= 0.3 is 0 Å². The Bertz CT molecular complexity index is 1120. The number of rotatable bonds is 5. The van der Waals surface area contributed by atoms with Crippen LogP contribution in [-0.2, 0) is 0 Å². The third-order valence-electron chi connectivity index (χ3n) is 4.86. The van der Waals surface area contributed by atoms with Crippen molar-refractivity contribution in [2.45, 2.75) is 0 Å². The fourth-order valence-electron chi connectivity index (χ4n) is 3.52. The van der Waals surface area contributed by atoms with Gasteiger partial charge in [-0.15, -0.1) is 0 Å². The molecule has 0 bridgehead atoms. The van der Waals surface area contributed by atoms with Gasteiger partial charge in [0.25, 0.3) is 0 Å². The van der Waals surface area contributed by atoms with E-state index in [1.165, 1.54) is 0 Å². The first-order chi connectivity index (χ1) is 14.4. The second kappa shape index (κ2) is 7.52. The molecule has 140 valence electrons. The maximum atomic E-state index is 4.38. The van der Waals surface area contributed by atoms with Crippen molar-refractivity contribution in [1.29, 1.82) is 0 Å². The Morgan fingerprint density at radius 2 is 1.21 bits per heavy atom. The molecule has 0 unspecified atom stereocenters. The van der Waals surface area contributed by atoms with Gasteiger partial charge in [0.2, 0.25) is 0 Å². The van der Waals surface area contributed by atoms with Crippen LogP contribution < -0.4 is 4.90 Å². The van der Waals surface area contributed by atoms with Crippen LogP contribution in [0.5, 0.6) is 0 Å². The Morgan fingerprint density at radius 3 is 1.90 bits per heavy atom. The third kappa shape index (κ3) is 3.44. The summed E-state index contributed by atoms with van der Waals surface area (Å²) in [5, 5.41) is 4.38. The molecule has 0 radical (unpaired) electrons. The lowest BCUT2D eigenvalue weighted by Crippen LogP contribution is -2.11. The molecule has 2 aromatic heterocycles. The van der Waals surface area contributed by atoms with Crippen molar-refractivity contribution in [3.8, 4) is 11.4 Å². The average molecular weight is 376 g/mol. The number of aromatic nitrogens is 3. The lowest BCUT2D eigenvalue weighted by molar-refractivity contribution is 0.880. The Hall–Kier alpha value is -4.05. The van der Waals surface area contributed by atoms with Gasteiger partial charge in [-0.2, -0.15) is 5.10 Å². The first kappa shape index (κ1) is 17.1. The minimum atomic E-state index is 1.02. The zero-order valence-corrected chi connectivity index (χ0v) is 15.8. The lowest BCUT2D eigenvalue weighted by atomic mass is 10.1. The van der Waals surface area contributed by atoms with Gasteiger partial charge in [-0.05, 0) is 66.7 Å². The lowest BCUT2D eigenvalue weighted by Gasteiger charge is -2.26. The Balaban J connectivity index is 1.64. The molecule has 5 rings (SSSR count). The Labute approximate surface area is 169 Å². The predicted molar refractivity (Wildman–Crippen MR) is 118 cm³/mol. The number of hydrogen-bond donors (Lipinski definition) is 0. The highest BCUT2D eigenvalue weighted by Gasteiger charge is 2.14. The molecule has 0 atom stereocenters. The fraction of sp³-hybridized carbons (Fsp3) is 0. The minimum absolute atomic E-state index is 1.02. The zero-order chi connectivity index (χ0) is 19.5. The molecule has 0 aliphatic heterocycles. The highest BCUT2D eigenvalue weighted by molar-refractivity contribution is 5.78. The molecule has 0 fully saturated rings. The van der Waals surface area contributed by atoms with Gasteiger partial charge < -0.3 is 9.47 Å². The van der Waals surface area contributed by atoms with E-state index in [4.69, 9.17) is 0 Å². The summed E-state index contributed by atoms with van der Waals surface area (Å²) in [7, 11) is 0. The summed E-state index contributed by atoms with van der Waals surface area (Å²) >= 11 is 0. The molecular weight excluding hydrogens is 356 g/mol. The number of hydrogen-bond acceptors (Lipinski definition) is 2.